The number of pyridine rings is 1. The fourth-order valence-electron chi connectivity index (χ4n) is 2.79. The van der Waals surface area contributed by atoms with Crippen molar-refractivity contribution in [3.63, 3.8) is 0 Å². The van der Waals surface area contributed by atoms with Crippen LogP contribution in [0.4, 0.5) is 4.39 Å². The molecule has 1 aromatic carbocycles. The summed E-state index contributed by atoms with van der Waals surface area (Å²) in [5.41, 5.74) is 1.09. The first-order chi connectivity index (χ1) is 14.3. The summed E-state index contributed by atoms with van der Waals surface area (Å²) in [4.78, 5) is 19.3. The van der Waals surface area contributed by atoms with Crippen LogP contribution < -0.4 is 9.47 Å². The van der Waals surface area contributed by atoms with E-state index in [1.165, 1.54) is 25.4 Å². The molecule has 30 heavy (non-hydrogen) atoms. The van der Waals surface area contributed by atoms with Gasteiger partial charge in [-0.2, -0.15) is 4.98 Å². The Morgan fingerprint density at radius 3 is 2.73 bits per heavy atom. The van der Waals surface area contributed by atoms with Gasteiger partial charge in [-0.25, -0.2) is 9.37 Å². The second-order valence-electron chi connectivity index (χ2n) is 6.64. The second kappa shape index (κ2) is 9.08. The SMILES string of the molecule is COc1c(CCC(=O)O)cc(F)cc1-c1noc(-c2cnc(OC(C)C)c(Cl)c2)n1. The maximum atomic E-state index is 14.2. The van der Waals surface area contributed by atoms with Gasteiger partial charge in [0.1, 0.15) is 16.6 Å². The molecule has 0 aliphatic rings. The molecule has 0 amide bonds. The van der Waals surface area contributed by atoms with Crippen LogP contribution in [-0.4, -0.2) is 39.4 Å². The second-order valence-corrected chi connectivity index (χ2v) is 7.05. The number of hydrogen-bond acceptors (Lipinski definition) is 7. The lowest BCUT2D eigenvalue weighted by molar-refractivity contribution is -0.136. The summed E-state index contributed by atoms with van der Waals surface area (Å²) in [6.45, 7) is 3.71. The summed E-state index contributed by atoms with van der Waals surface area (Å²) in [5.74, 6) is -0.811. The van der Waals surface area contributed by atoms with Crippen LogP contribution >= 0.6 is 11.6 Å². The molecule has 3 aromatic rings. The van der Waals surface area contributed by atoms with Crippen molar-refractivity contribution in [2.45, 2.75) is 32.8 Å². The average molecular weight is 436 g/mol. The quantitative estimate of drug-likeness (QED) is 0.554. The third-order valence-corrected chi connectivity index (χ3v) is 4.28. The molecule has 10 heteroatoms. The van der Waals surface area contributed by atoms with E-state index in [1.54, 1.807) is 6.07 Å². The molecule has 0 saturated heterocycles. The number of aryl methyl sites for hydroxylation is 1. The van der Waals surface area contributed by atoms with Crippen LogP contribution in [-0.2, 0) is 11.2 Å². The smallest absolute Gasteiger partial charge is 0.303 e. The van der Waals surface area contributed by atoms with Gasteiger partial charge < -0.3 is 19.1 Å². The first kappa shape index (κ1) is 21.5. The molecule has 0 aliphatic heterocycles. The van der Waals surface area contributed by atoms with Crippen molar-refractivity contribution in [2.24, 2.45) is 0 Å². The number of benzene rings is 1. The van der Waals surface area contributed by atoms with Crippen LogP contribution in [0.2, 0.25) is 5.02 Å². The van der Waals surface area contributed by atoms with Crippen molar-refractivity contribution in [3.8, 4) is 34.5 Å². The highest BCUT2D eigenvalue weighted by Crippen LogP contribution is 2.35. The van der Waals surface area contributed by atoms with E-state index in [9.17, 15) is 9.18 Å². The molecule has 0 radical (unpaired) electrons. The normalized spacial score (nSPS) is 11.0. The Kier molecular flexibility index (Phi) is 6.51. The van der Waals surface area contributed by atoms with Crippen molar-refractivity contribution in [2.75, 3.05) is 7.11 Å². The van der Waals surface area contributed by atoms with Gasteiger partial charge in [0.05, 0.1) is 24.3 Å². The molecule has 158 valence electrons. The maximum Gasteiger partial charge on any atom is 0.303 e. The lowest BCUT2D eigenvalue weighted by Crippen LogP contribution is -2.07. The lowest BCUT2D eigenvalue weighted by atomic mass is 10.0. The number of halogens is 2. The van der Waals surface area contributed by atoms with Crippen molar-refractivity contribution >= 4 is 17.6 Å². The van der Waals surface area contributed by atoms with Gasteiger partial charge >= 0.3 is 5.97 Å². The Bertz CT molecular complexity index is 1070. The van der Waals surface area contributed by atoms with E-state index in [0.29, 0.717) is 11.1 Å². The topological polar surface area (TPSA) is 108 Å². The Balaban J connectivity index is 1.96. The van der Waals surface area contributed by atoms with Gasteiger partial charge in [-0.15, -0.1) is 0 Å². The van der Waals surface area contributed by atoms with E-state index in [2.05, 4.69) is 15.1 Å². The summed E-state index contributed by atoms with van der Waals surface area (Å²) in [5, 5.41) is 13.1. The summed E-state index contributed by atoms with van der Waals surface area (Å²) >= 11 is 6.20. The molecule has 2 heterocycles. The molecule has 1 N–H and O–H groups in total. The van der Waals surface area contributed by atoms with Gasteiger partial charge in [-0.3, -0.25) is 4.79 Å². The summed E-state index contributed by atoms with van der Waals surface area (Å²) in [7, 11) is 1.40. The van der Waals surface area contributed by atoms with Crippen LogP contribution in [0.3, 0.4) is 0 Å². The molecule has 0 saturated carbocycles. The number of ether oxygens (including phenoxy) is 2. The van der Waals surface area contributed by atoms with Crippen molar-refractivity contribution < 1.29 is 28.3 Å². The third kappa shape index (κ3) is 4.85. The van der Waals surface area contributed by atoms with Gasteiger partial charge in [0.15, 0.2) is 0 Å². The molecular formula is C20H19ClFN3O5. The highest BCUT2D eigenvalue weighted by Gasteiger charge is 2.20. The standard InChI is InChI=1S/C20H19ClFN3O5/c1-10(2)29-20-15(21)7-12(9-23-20)19-24-18(25-30-19)14-8-13(22)6-11(17(14)28-3)4-5-16(26)27/h6-10H,4-5H2,1-3H3,(H,26,27). The van der Waals surface area contributed by atoms with E-state index in [1.807, 2.05) is 13.8 Å². The zero-order valence-electron chi connectivity index (χ0n) is 16.5. The molecule has 2 aromatic heterocycles. The largest absolute Gasteiger partial charge is 0.496 e. The third-order valence-electron chi connectivity index (χ3n) is 4.01. The zero-order chi connectivity index (χ0) is 21.8. The van der Waals surface area contributed by atoms with Gasteiger partial charge in [0.25, 0.3) is 5.89 Å². The van der Waals surface area contributed by atoms with E-state index >= 15 is 0 Å². The highest BCUT2D eigenvalue weighted by atomic mass is 35.5. The molecule has 0 atom stereocenters. The number of aliphatic carboxylic acids is 1. The number of carboxylic acids is 1. The average Bonchev–Trinajstić information content (AvgIpc) is 3.17. The van der Waals surface area contributed by atoms with Crippen LogP contribution in [0.5, 0.6) is 11.6 Å². The fraction of sp³-hybridized carbons (Fsp3) is 0.300. The van der Waals surface area contributed by atoms with Crippen molar-refractivity contribution in [1.29, 1.82) is 0 Å². The predicted octanol–water partition coefficient (Wildman–Crippen LogP) is 4.40. The predicted molar refractivity (Wildman–Crippen MR) is 106 cm³/mol. The highest BCUT2D eigenvalue weighted by molar-refractivity contribution is 6.32. The van der Waals surface area contributed by atoms with E-state index in [0.717, 1.165) is 0 Å². The number of carbonyl (C=O) groups is 1. The minimum absolute atomic E-state index is 0.0801. The molecule has 3 rings (SSSR count). The number of aromatic nitrogens is 3. The van der Waals surface area contributed by atoms with Gasteiger partial charge in [-0.1, -0.05) is 16.8 Å². The van der Waals surface area contributed by atoms with Crippen LogP contribution in [0, 0.1) is 5.82 Å². The van der Waals surface area contributed by atoms with Crippen LogP contribution in [0.25, 0.3) is 22.8 Å². The van der Waals surface area contributed by atoms with Gasteiger partial charge in [0.2, 0.25) is 11.7 Å². The monoisotopic (exact) mass is 435 g/mol. The number of hydrogen-bond donors (Lipinski definition) is 1. The number of nitrogens with zero attached hydrogens (tertiary/aromatic N) is 3. The summed E-state index contributed by atoms with van der Waals surface area (Å²) < 4.78 is 30.3. The lowest BCUT2D eigenvalue weighted by Gasteiger charge is -2.11. The fourth-order valence-corrected chi connectivity index (χ4v) is 3.00. The first-order valence-corrected chi connectivity index (χ1v) is 9.41. The Hall–Kier alpha value is -3.20. The minimum Gasteiger partial charge on any atom is -0.496 e. The van der Waals surface area contributed by atoms with E-state index in [-0.39, 0.29) is 52.9 Å². The Morgan fingerprint density at radius 2 is 2.10 bits per heavy atom. The van der Waals surface area contributed by atoms with E-state index in [4.69, 9.17) is 30.7 Å². The van der Waals surface area contributed by atoms with Crippen molar-refractivity contribution in [3.05, 3.63) is 40.8 Å². The number of carboxylic acid groups (broad SMARTS) is 1. The summed E-state index contributed by atoms with van der Waals surface area (Å²) in [6.07, 6.45) is 1.30. The van der Waals surface area contributed by atoms with Crippen molar-refractivity contribution in [1.82, 2.24) is 15.1 Å². The van der Waals surface area contributed by atoms with Crippen LogP contribution in [0.1, 0.15) is 25.8 Å². The Labute approximate surface area is 176 Å². The molecule has 8 nitrogen and oxygen atoms in total. The first-order valence-electron chi connectivity index (χ1n) is 9.03. The molecular weight excluding hydrogens is 417 g/mol. The Morgan fingerprint density at radius 1 is 1.33 bits per heavy atom. The van der Waals surface area contributed by atoms with Crippen LogP contribution in [0.15, 0.2) is 28.9 Å². The van der Waals surface area contributed by atoms with E-state index < -0.39 is 11.8 Å². The molecule has 0 unspecified atom stereocenters. The summed E-state index contributed by atoms with van der Waals surface area (Å²) in [6, 6.07) is 4.00. The number of methoxy groups -OCH3 is 1. The minimum atomic E-state index is -1.00. The number of rotatable bonds is 8. The molecule has 0 fully saturated rings. The van der Waals surface area contributed by atoms with Gasteiger partial charge in [0, 0.05) is 12.6 Å². The molecule has 0 aliphatic carbocycles. The molecule has 0 spiro atoms. The zero-order valence-corrected chi connectivity index (χ0v) is 17.2. The van der Waals surface area contributed by atoms with Gasteiger partial charge in [-0.05, 0) is 44.0 Å². The maximum absolute atomic E-state index is 14.2. The molecule has 0 bridgehead atoms.